The first kappa shape index (κ1) is 35.2. The summed E-state index contributed by atoms with van der Waals surface area (Å²) >= 11 is 0. The highest BCUT2D eigenvalue weighted by molar-refractivity contribution is 5.99. The predicted molar refractivity (Wildman–Crippen MR) is 148 cm³/mol. The molecule has 0 aromatic heterocycles. The van der Waals surface area contributed by atoms with Crippen molar-refractivity contribution in [3.05, 3.63) is 12.2 Å². The summed E-state index contributed by atoms with van der Waals surface area (Å²) in [4.78, 5) is 36.9. The number of rotatable bonds is 21. The van der Waals surface area contributed by atoms with Gasteiger partial charge in [-0.2, -0.15) is 0 Å². The standard InChI is InChI=1S/C28H54N4O5/c1-20(2)25(30)27(36)32-26(21(3)4)28(37)31-24(35)18-16-14-12-10-8-6-5-7-9-11-13-15-17-23(34)22(29)19-33/h15,17,20-23,25-26,33-34H,5-14,16,18-19,29-30H2,1-4H3,(H,32,36)(H,31,35,37)/t22?,23?,25-,26-/m0/s1. The van der Waals surface area contributed by atoms with Crippen molar-refractivity contribution >= 4 is 17.7 Å². The molecule has 9 nitrogen and oxygen atoms in total. The Balaban J connectivity index is 3.84. The van der Waals surface area contributed by atoms with Gasteiger partial charge in [0, 0.05) is 6.42 Å². The smallest absolute Gasteiger partial charge is 0.249 e. The summed E-state index contributed by atoms with van der Waals surface area (Å²) in [5.74, 6) is -1.38. The third-order valence-corrected chi connectivity index (χ3v) is 6.54. The lowest BCUT2D eigenvalue weighted by atomic mass is 10.00. The molecule has 3 amide bonds. The number of amides is 3. The Kier molecular flexibility index (Phi) is 20.1. The van der Waals surface area contributed by atoms with Crippen molar-refractivity contribution in [3.63, 3.8) is 0 Å². The summed E-state index contributed by atoms with van der Waals surface area (Å²) in [6.45, 7) is 7.09. The van der Waals surface area contributed by atoms with Gasteiger partial charge in [-0.15, -0.1) is 0 Å². The maximum Gasteiger partial charge on any atom is 0.249 e. The minimum absolute atomic E-state index is 0.0454. The lowest BCUT2D eigenvalue weighted by Crippen LogP contribution is -2.55. The normalized spacial score (nSPS) is 15.1. The van der Waals surface area contributed by atoms with Gasteiger partial charge >= 0.3 is 0 Å². The van der Waals surface area contributed by atoms with E-state index in [0.29, 0.717) is 6.42 Å². The number of allylic oxidation sites excluding steroid dienone is 1. The fraction of sp³-hybridized carbons (Fsp3) is 0.821. The van der Waals surface area contributed by atoms with Crippen LogP contribution in [0.3, 0.4) is 0 Å². The molecule has 216 valence electrons. The Morgan fingerprint density at radius 2 is 1.30 bits per heavy atom. The number of nitrogens with one attached hydrogen (secondary N) is 2. The molecular weight excluding hydrogens is 472 g/mol. The van der Waals surface area contributed by atoms with E-state index in [2.05, 4.69) is 10.6 Å². The van der Waals surface area contributed by atoms with Crippen molar-refractivity contribution in [2.45, 2.75) is 129 Å². The number of hydrogen-bond donors (Lipinski definition) is 6. The topological polar surface area (TPSA) is 168 Å². The number of aliphatic hydroxyl groups is 2. The second kappa shape index (κ2) is 21.2. The summed E-state index contributed by atoms with van der Waals surface area (Å²) in [7, 11) is 0. The average molecular weight is 527 g/mol. The van der Waals surface area contributed by atoms with Crippen LogP contribution in [0, 0.1) is 11.8 Å². The zero-order chi connectivity index (χ0) is 28.2. The van der Waals surface area contributed by atoms with E-state index in [1.165, 1.54) is 25.7 Å². The Bertz CT molecular complexity index is 669. The Morgan fingerprint density at radius 1 is 0.784 bits per heavy atom. The van der Waals surface area contributed by atoms with Crippen molar-refractivity contribution in [2.24, 2.45) is 23.3 Å². The first-order valence-electron chi connectivity index (χ1n) is 14.1. The molecule has 0 heterocycles. The van der Waals surface area contributed by atoms with Crippen molar-refractivity contribution < 1.29 is 24.6 Å². The van der Waals surface area contributed by atoms with E-state index in [9.17, 15) is 19.5 Å². The highest BCUT2D eigenvalue weighted by Crippen LogP contribution is 2.12. The molecule has 0 aliphatic carbocycles. The van der Waals surface area contributed by atoms with E-state index in [4.69, 9.17) is 16.6 Å². The Morgan fingerprint density at radius 3 is 1.78 bits per heavy atom. The SMILES string of the molecule is CC(C)[C@H](N)C(=O)N[C@H](C(=O)NC(=O)CCCCCCCCCCCCC=CC(O)C(N)CO)C(C)C. The predicted octanol–water partition coefficient (Wildman–Crippen LogP) is 2.67. The maximum atomic E-state index is 12.5. The molecule has 0 aromatic rings. The van der Waals surface area contributed by atoms with Gasteiger partial charge in [0.2, 0.25) is 17.7 Å². The van der Waals surface area contributed by atoms with E-state index in [1.807, 2.05) is 33.8 Å². The van der Waals surface area contributed by atoms with Crippen molar-refractivity contribution in [1.82, 2.24) is 10.6 Å². The molecule has 0 aliphatic heterocycles. The van der Waals surface area contributed by atoms with Gasteiger partial charge in [-0.1, -0.05) is 91.2 Å². The molecule has 0 bridgehead atoms. The highest BCUT2D eigenvalue weighted by atomic mass is 16.3. The number of carbonyl (C=O) groups is 3. The number of unbranched alkanes of at least 4 members (excludes halogenated alkanes) is 10. The van der Waals surface area contributed by atoms with Crippen molar-refractivity contribution in [3.8, 4) is 0 Å². The summed E-state index contributed by atoms with van der Waals surface area (Å²) in [5, 5.41) is 23.6. The van der Waals surface area contributed by atoms with Crippen LogP contribution in [0.5, 0.6) is 0 Å². The molecule has 0 aliphatic rings. The molecule has 37 heavy (non-hydrogen) atoms. The lowest BCUT2D eigenvalue weighted by Gasteiger charge is -2.24. The van der Waals surface area contributed by atoms with E-state index in [-0.39, 0.29) is 30.3 Å². The van der Waals surface area contributed by atoms with Gasteiger partial charge in [0.25, 0.3) is 0 Å². The molecular formula is C28H54N4O5. The zero-order valence-electron chi connectivity index (χ0n) is 23.6. The van der Waals surface area contributed by atoms with E-state index in [1.54, 1.807) is 6.08 Å². The quantitative estimate of drug-likeness (QED) is 0.0987. The van der Waals surface area contributed by atoms with Crippen LogP contribution < -0.4 is 22.1 Å². The second-order valence-corrected chi connectivity index (χ2v) is 10.8. The fourth-order valence-electron chi connectivity index (χ4n) is 3.81. The monoisotopic (exact) mass is 526 g/mol. The number of nitrogens with two attached hydrogens (primary N) is 2. The molecule has 0 fully saturated rings. The molecule has 0 saturated heterocycles. The Labute approximate surface area is 224 Å². The number of carbonyl (C=O) groups excluding carboxylic acids is 3. The van der Waals surface area contributed by atoms with Crippen molar-refractivity contribution in [1.29, 1.82) is 0 Å². The van der Waals surface area contributed by atoms with Crippen LogP contribution in [0.25, 0.3) is 0 Å². The zero-order valence-corrected chi connectivity index (χ0v) is 23.6. The molecule has 9 heteroatoms. The summed E-state index contributed by atoms with van der Waals surface area (Å²) in [6, 6.07) is -2.10. The van der Waals surface area contributed by atoms with Gasteiger partial charge in [0.15, 0.2) is 0 Å². The van der Waals surface area contributed by atoms with E-state index >= 15 is 0 Å². The number of aliphatic hydroxyl groups excluding tert-OH is 2. The third kappa shape index (κ3) is 17.3. The number of imide groups is 1. The molecule has 0 saturated carbocycles. The van der Waals surface area contributed by atoms with E-state index in [0.717, 1.165) is 44.9 Å². The van der Waals surface area contributed by atoms with Gasteiger partial charge < -0.3 is 27.0 Å². The minimum atomic E-state index is -0.790. The van der Waals surface area contributed by atoms with Gasteiger partial charge in [0.1, 0.15) is 6.04 Å². The van der Waals surface area contributed by atoms with Crippen LogP contribution in [0.4, 0.5) is 0 Å². The fourth-order valence-corrected chi connectivity index (χ4v) is 3.81. The molecule has 0 spiro atoms. The first-order chi connectivity index (χ1) is 17.5. The number of hydrogen-bond acceptors (Lipinski definition) is 7. The van der Waals surface area contributed by atoms with E-state index < -0.39 is 30.1 Å². The summed E-state index contributed by atoms with van der Waals surface area (Å²) < 4.78 is 0. The van der Waals surface area contributed by atoms with Gasteiger partial charge in [0.05, 0.1) is 24.8 Å². The summed E-state index contributed by atoms with van der Waals surface area (Å²) in [6.07, 6.45) is 15.0. The molecule has 2 unspecified atom stereocenters. The third-order valence-electron chi connectivity index (χ3n) is 6.54. The first-order valence-corrected chi connectivity index (χ1v) is 14.1. The molecule has 0 rings (SSSR count). The molecule has 8 N–H and O–H groups in total. The van der Waals surface area contributed by atoms with Crippen LogP contribution in [0.15, 0.2) is 12.2 Å². The average Bonchev–Trinajstić information content (AvgIpc) is 2.85. The lowest BCUT2D eigenvalue weighted by molar-refractivity contribution is -0.135. The van der Waals surface area contributed by atoms with Crippen LogP contribution in [0.1, 0.15) is 105 Å². The molecule has 4 atom stereocenters. The molecule has 0 aromatic carbocycles. The second-order valence-electron chi connectivity index (χ2n) is 10.8. The van der Waals surface area contributed by atoms with Gasteiger partial charge in [-0.05, 0) is 31.1 Å². The summed E-state index contributed by atoms with van der Waals surface area (Å²) in [5.41, 5.74) is 11.4. The van der Waals surface area contributed by atoms with Gasteiger partial charge in [-0.25, -0.2) is 0 Å². The van der Waals surface area contributed by atoms with Crippen LogP contribution in [-0.4, -0.2) is 58.8 Å². The molecule has 0 radical (unpaired) electrons. The van der Waals surface area contributed by atoms with Crippen molar-refractivity contribution in [2.75, 3.05) is 6.61 Å². The van der Waals surface area contributed by atoms with Crippen LogP contribution >= 0.6 is 0 Å². The van der Waals surface area contributed by atoms with Crippen LogP contribution in [-0.2, 0) is 14.4 Å². The largest absolute Gasteiger partial charge is 0.395 e. The Hall–Kier alpha value is -1.81. The minimum Gasteiger partial charge on any atom is -0.395 e. The van der Waals surface area contributed by atoms with Gasteiger partial charge in [-0.3, -0.25) is 19.7 Å². The highest BCUT2D eigenvalue weighted by Gasteiger charge is 2.28. The van der Waals surface area contributed by atoms with Crippen LogP contribution in [0.2, 0.25) is 0 Å². The maximum absolute atomic E-state index is 12.5.